The monoisotopic (exact) mass is 485 g/mol. The zero-order valence-corrected chi connectivity index (χ0v) is 18.9. The molecule has 0 aliphatic carbocycles. The molecular weight excluding hydrogens is 466 g/mol. The molecule has 32 heavy (non-hydrogen) atoms. The summed E-state index contributed by atoms with van der Waals surface area (Å²) < 4.78 is 45.4. The van der Waals surface area contributed by atoms with E-state index in [1.54, 1.807) is 20.8 Å². The fourth-order valence-corrected chi connectivity index (χ4v) is 3.96. The second-order valence-corrected chi connectivity index (χ2v) is 9.03. The lowest BCUT2D eigenvalue weighted by Gasteiger charge is -2.38. The Morgan fingerprint density at radius 3 is 1.81 bits per heavy atom. The van der Waals surface area contributed by atoms with Gasteiger partial charge in [-0.05, 0) is 56.2 Å². The van der Waals surface area contributed by atoms with Crippen molar-refractivity contribution in [2.24, 2.45) is 0 Å². The quantitative estimate of drug-likeness (QED) is 0.440. The largest absolute Gasteiger partial charge is 0.465 e. The minimum atomic E-state index is -4.84. The number of rotatable bonds is 4. The van der Waals surface area contributed by atoms with Gasteiger partial charge in [-0.15, -0.1) is 0 Å². The maximum absolute atomic E-state index is 14.9. The van der Waals surface area contributed by atoms with Gasteiger partial charge in [0, 0.05) is 22.4 Å². The zero-order valence-electron chi connectivity index (χ0n) is 17.4. The maximum Gasteiger partial charge on any atom is 0.422 e. The normalized spacial score (nSPS) is 14.1. The van der Waals surface area contributed by atoms with E-state index in [0.717, 1.165) is 22.0 Å². The van der Waals surface area contributed by atoms with E-state index in [1.165, 1.54) is 48.5 Å². The average molecular weight is 486 g/mol. The Labute approximate surface area is 193 Å². The van der Waals surface area contributed by atoms with E-state index in [-0.39, 0.29) is 26.9 Å². The Kier molecular flexibility index (Phi) is 6.23. The van der Waals surface area contributed by atoms with Gasteiger partial charge in [0.25, 0.3) is 0 Å². The maximum atomic E-state index is 14.9. The summed E-state index contributed by atoms with van der Waals surface area (Å²) >= 11 is 11.8. The first kappa shape index (κ1) is 23.9. The lowest BCUT2D eigenvalue weighted by molar-refractivity contribution is -0.189. The number of amides is 1. The van der Waals surface area contributed by atoms with Crippen LogP contribution in [0.25, 0.3) is 0 Å². The highest BCUT2D eigenvalue weighted by Crippen LogP contribution is 2.48. The van der Waals surface area contributed by atoms with Gasteiger partial charge in [-0.3, -0.25) is 4.90 Å². The number of halogens is 5. The predicted molar refractivity (Wildman–Crippen MR) is 118 cm³/mol. The molecule has 170 valence electrons. The first-order valence-electron chi connectivity index (χ1n) is 9.45. The third-order valence-corrected chi connectivity index (χ3v) is 5.42. The molecule has 2 aromatic carbocycles. The summed E-state index contributed by atoms with van der Waals surface area (Å²) in [7, 11) is 0. The minimum absolute atomic E-state index is 0.0361. The van der Waals surface area contributed by atoms with Gasteiger partial charge >= 0.3 is 12.3 Å². The first-order chi connectivity index (χ1) is 14.8. The number of aromatic nitrogens is 2. The number of anilines is 1. The molecule has 1 heterocycles. The molecule has 10 heteroatoms. The van der Waals surface area contributed by atoms with Crippen LogP contribution in [0.3, 0.4) is 0 Å². The molecule has 5 nitrogen and oxygen atoms in total. The Morgan fingerprint density at radius 1 is 0.938 bits per heavy atom. The standard InChI is InChI=1S/C22H20Cl2F3N3O2/c1-20(2,3)30(19(31)32)18-10-6-15(7-11-18)21(22(25,26)27,29-13-17(24)12-28-29)14-4-8-16(23)9-5-14/h4-13H,1-3H3,(H,31,32). The molecule has 0 aliphatic rings. The average Bonchev–Trinajstić information content (AvgIpc) is 3.09. The fraction of sp³-hybridized carbons (Fsp3) is 0.273. The summed E-state index contributed by atoms with van der Waals surface area (Å²) in [6.07, 6.45) is -3.84. The van der Waals surface area contributed by atoms with Crippen LogP contribution in [-0.4, -0.2) is 32.7 Å². The van der Waals surface area contributed by atoms with Crippen molar-refractivity contribution in [2.75, 3.05) is 4.90 Å². The van der Waals surface area contributed by atoms with Crippen LogP contribution in [0.1, 0.15) is 31.9 Å². The highest BCUT2D eigenvalue weighted by Gasteiger charge is 2.59. The van der Waals surface area contributed by atoms with Crippen molar-refractivity contribution >= 4 is 35.0 Å². The smallest absolute Gasteiger partial charge is 0.422 e. The van der Waals surface area contributed by atoms with Crippen LogP contribution in [-0.2, 0) is 5.54 Å². The molecule has 3 aromatic rings. The second kappa shape index (κ2) is 8.33. The number of carbonyl (C=O) groups is 1. The Morgan fingerprint density at radius 2 is 1.44 bits per heavy atom. The lowest BCUT2D eigenvalue weighted by Crippen LogP contribution is -2.50. The van der Waals surface area contributed by atoms with Crippen molar-refractivity contribution in [2.45, 2.75) is 38.0 Å². The molecule has 0 saturated carbocycles. The summed E-state index contributed by atoms with van der Waals surface area (Å²) in [6, 6.07) is 10.5. The third-order valence-electron chi connectivity index (χ3n) is 4.97. The first-order valence-corrected chi connectivity index (χ1v) is 10.2. The van der Waals surface area contributed by atoms with Crippen molar-refractivity contribution in [1.82, 2.24) is 9.78 Å². The molecule has 1 N–H and O–H groups in total. The van der Waals surface area contributed by atoms with Crippen LogP contribution in [0.2, 0.25) is 10.0 Å². The molecule has 0 bridgehead atoms. The zero-order chi connectivity index (χ0) is 23.9. The van der Waals surface area contributed by atoms with Crippen molar-refractivity contribution in [3.8, 4) is 0 Å². The Hall–Kier alpha value is -2.71. The molecular formula is C22H20Cl2F3N3O2. The van der Waals surface area contributed by atoms with E-state index >= 15 is 0 Å². The summed E-state index contributed by atoms with van der Waals surface area (Å²) in [6.45, 7) is 5.07. The summed E-state index contributed by atoms with van der Waals surface area (Å²) in [5.74, 6) is 0. The number of carboxylic acid groups (broad SMARTS) is 1. The van der Waals surface area contributed by atoms with E-state index in [0.29, 0.717) is 0 Å². The number of nitrogens with zero attached hydrogens (tertiary/aromatic N) is 3. The van der Waals surface area contributed by atoms with Crippen LogP contribution in [0, 0.1) is 0 Å². The molecule has 0 aliphatic heterocycles. The predicted octanol–water partition coefficient (Wildman–Crippen LogP) is 6.83. The molecule has 0 spiro atoms. The lowest BCUT2D eigenvalue weighted by atomic mass is 9.82. The number of hydrogen-bond donors (Lipinski definition) is 1. The fourth-order valence-electron chi connectivity index (χ4n) is 3.70. The van der Waals surface area contributed by atoms with E-state index in [4.69, 9.17) is 23.2 Å². The summed E-state index contributed by atoms with van der Waals surface area (Å²) in [5.41, 5.74) is -3.60. The van der Waals surface area contributed by atoms with Crippen molar-refractivity contribution in [3.63, 3.8) is 0 Å². The molecule has 1 unspecified atom stereocenters. The highest BCUT2D eigenvalue weighted by molar-refractivity contribution is 6.30. The van der Waals surface area contributed by atoms with Gasteiger partial charge in [-0.25, -0.2) is 9.48 Å². The Bertz CT molecular complexity index is 1110. The molecule has 3 rings (SSSR count). The molecule has 1 aromatic heterocycles. The van der Waals surface area contributed by atoms with Crippen LogP contribution in [0.5, 0.6) is 0 Å². The van der Waals surface area contributed by atoms with Gasteiger partial charge in [0.1, 0.15) is 0 Å². The van der Waals surface area contributed by atoms with E-state index in [2.05, 4.69) is 5.10 Å². The Balaban J connectivity index is 2.29. The number of hydrogen-bond acceptors (Lipinski definition) is 2. The SMILES string of the molecule is CC(C)(C)N(C(=O)O)c1ccc(C(c2ccc(Cl)cc2)(n2cc(Cl)cn2)C(F)(F)F)cc1. The number of benzene rings is 2. The van der Waals surface area contributed by atoms with Gasteiger partial charge in [0.15, 0.2) is 0 Å². The van der Waals surface area contributed by atoms with Crippen LogP contribution in [0.15, 0.2) is 60.9 Å². The number of alkyl halides is 3. The molecule has 1 atom stereocenters. The highest BCUT2D eigenvalue weighted by atomic mass is 35.5. The van der Waals surface area contributed by atoms with Gasteiger partial charge < -0.3 is 5.11 Å². The third kappa shape index (κ3) is 4.17. The molecule has 0 saturated heterocycles. The second-order valence-electron chi connectivity index (χ2n) is 8.15. The van der Waals surface area contributed by atoms with Crippen molar-refractivity contribution < 1.29 is 23.1 Å². The van der Waals surface area contributed by atoms with Crippen molar-refractivity contribution in [1.29, 1.82) is 0 Å². The molecule has 1 amide bonds. The van der Waals surface area contributed by atoms with Crippen molar-refractivity contribution in [3.05, 3.63) is 82.1 Å². The van der Waals surface area contributed by atoms with Gasteiger partial charge in [-0.2, -0.15) is 18.3 Å². The van der Waals surface area contributed by atoms with Gasteiger partial charge in [0.05, 0.1) is 11.2 Å². The summed E-state index contributed by atoms with van der Waals surface area (Å²) in [5, 5.41) is 13.8. The van der Waals surface area contributed by atoms with Crippen LogP contribution in [0.4, 0.5) is 23.7 Å². The van der Waals surface area contributed by atoms with Crippen LogP contribution < -0.4 is 4.90 Å². The molecule has 0 radical (unpaired) electrons. The topological polar surface area (TPSA) is 58.4 Å². The molecule has 0 fully saturated rings. The van der Waals surface area contributed by atoms with Gasteiger partial charge in [-0.1, -0.05) is 47.5 Å². The van der Waals surface area contributed by atoms with E-state index < -0.39 is 23.3 Å². The van der Waals surface area contributed by atoms with Gasteiger partial charge in [0.2, 0.25) is 5.54 Å². The summed E-state index contributed by atoms with van der Waals surface area (Å²) in [4.78, 5) is 12.9. The van der Waals surface area contributed by atoms with E-state index in [9.17, 15) is 23.1 Å². The van der Waals surface area contributed by atoms with Crippen LogP contribution >= 0.6 is 23.2 Å². The van der Waals surface area contributed by atoms with E-state index in [1.807, 2.05) is 0 Å². The minimum Gasteiger partial charge on any atom is -0.465 e.